The monoisotopic (exact) mass is 252 g/mol. The summed E-state index contributed by atoms with van der Waals surface area (Å²) in [5.74, 6) is -0.254. The number of aliphatic imine (C=N–C) groups is 1. The van der Waals surface area contributed by atoms with Crippen LogP contribution >= 0.6 is 0 Å². The number of nitrogens with two attached hydrogens (primary N) is 1. The van der Waals surface area contributed by atoms with Crippen LogP contribution in [0.2, 0.25) is 0 Å². The van der Waals surface area contributed by atoms with Gasteiger partial charge in [0.1, 0.15) is 18.5 Å². The highest BCUT2D eigenvalue weighted by Crippen LogP contribution is 2.25. The highest BCUT2D eigenvalue weighted by atomic mass is 19.1. The van der Waals surface area contributed by atoms with E-state index in [0.717, 1.165) is 5.56 Å². The SMILES string of the molecule is CC(C)(OCC1COC(N)=N1)c1ccc(F)cc1. The topological polar surface area (TPSA) is 56.8 Å². The van der Waals surface area contributed by atoms with Crippen molar-refractivity contribution in [1.29, 1.82) is 0 Å². The van der Waals surface area contributed by atoms with Crippen molar-refractivity contribution in [2.45, 2.75) is 25.5 Å². The Balaban J connectivity index is 1.96. The molecule has 0 saturated heterocycles. The molecule has 1 unspecified atom stereocenters. The molecule has 0 bridgehead atoms. The van der Waals surface area contributed by atoms with Crippen LogP contribution in [-0.2, 0) is 15.1 Å². The second-order valence-electron chi connectivity index (χ2n) is 4.76. The summed E-state index contributed by atoms with van der Waals surface area (Å²) in [6, 6.07) is 6.44. The predicted octanol–water partition coefficient (Wildman–Crippen LogP) is 1.79. The Kier molecular flexibility index (Phi) is 3.52. The number of nitrogens with zero attached hydrogens (tertiary/aromatic N) is 1. The molecule has 1 aliphatic heterocycles. The first-order chi connectivity index (χ1) is 8.47. The van der Waals surface area contributed by atoms with Crippen molar-refractivity contribution >= 4 is 6.02 Å². The van der Waals surface area contributed by atoms with Gasteiger partial charge < -0.3 is 15.2 Å². The molecule has 1 aromatic rings. The van der Waals surface area contributed by atoms with Gasteiger partial charge in [-0.25, -0.2) is 9.38 Å². The van der Waals surface area contributed by atoms with Gasteiger partial charge in [-0.05, 0) is 31.5 Å². The second kappa shape index (κ2) is 4.94. The Bertz CT molecular complexity index is 443. The van der Waals surface area contributed by atoms with E-state index in [2.05, 4.69) is 4.99 Å². The third-order valence-corrected chi connectivity index (χ3v) is 2.91. The summed E-state index contributed by atoms with van der Waals surface area (Å²) in [7, 11) is 0. The Hall–Kier alpha value is -1.62. The zero-order valence-corrected chi connectivity index (χ0v) is 10.5. The van der Waals surface area contributed by atoms with E-state index < -0.39 is 5.60 Å². The maximum atomic E-state index is 12.9. The summed E-state index contributed by atoms with van der Waals surface area (Å²) in [6.45, 7) is 4.74. The zero-order valence-electron chi connectivity index (χ0n) is 10.5. The molecule has 0 radical (unpaired) electrons. The number of halogens is 1. The van der Waals surface area contributed by atoms with Gasteiger partial charge in [0.25, 0.3) is 6.02 Å². The molecular weight excluding hydrogens is 235 g/mol. The van der Waals surface area contributed by atoms with Gasteiger partial charge in [0, 0.05) is 0 Å². The molecule has 0 fully saturated rings. The van der Waals surface area contributed by atoms with Crippen LogP contribution in [0, 0.1) is 5.82 Å². The van der Waals surface area contributed by atoms with Gasteiger partial charge in [0.05, 0.1) is 12.2 Å². The highest BCUT2D eigenvalue weighted by Gasteiger charge is 2.25. The van der Waals surface area contributed by atoms with Gasteiger partial charge in [-0.3, -0.25) is 0 Å². The maximum absolute atomic E-state index is 12.9. The summed E-state index contributed by atoms with van der Waals surface area (Å²) in [5, 5.41) is 0. The van der Waals surface area contributed by atoms with Gasteiger partial charge >= 0.3 is 0 Å². The predicted molar refractivity (Wildman–Crippen MR) is 66.7 cm³/mol. The number of ether oxygens (including phenoxy) is 2. The molecule has 1 aliphatic rings. The second-order valence-corrected chi connectivity index (χ2v) is 4.76. The Morgan fingerprint density at radius 2 is 2.11 bits per heavy atom. The van der Waals surface area contributed by atoms with E-state index in [1.807, 2.05) is 13.8 Å². The molecule has 98 valence electrons. The summed E-state index contributed by atoms with van der Waals surface area (Å²) in [4.78, 5) is 4.09. The maximum Gasteiger partial charge on any atom is 0.282 e. The van der Waals surface area contributed by atoms with Crippen LogP contribution in [0.25, 0.3) is 0 Å². The molecule has 4 nitrogen and oxygen atoms in total. The molecular formula is C13H17FN2O2. The van der Waals surface area contributed by atoms with Crippen molar-refractivity contribution in [2.24, 2.45) is 10.7 Å². The molecule has 2 N–H and O–H groups in total. The molecule has 0 spiro atoms. The van der Waals surface area contributed by atoms with E-state index >= 15 is 0 Å². The standard InChI is InChI=1S/C13H17FN2O2/c1-13(2,9-3-5-10(14)6-4-9)18-8-11-7-17-12(15)16-11/h3-6,11H,7-8H2,1-2H3,(H2,15,16). The number of hydrogen-bond donors (Lipinski definition) is 1. The van der Waals surface area contributed by atoms with E-state index in [0.29, 0.717) is 13.2 Å². The van der Waals surface area contributed by atoms with E-state index in [1.54, 1.807) is 12.1 Å². The summed E-state index contributed by atoms with van der Waals surface area (Å²) in [5.41, 5.74) is 5.84. The number of hydrogen-bond acceptors (Lipinski definition) is 4. The lowest BCUT2D eigenvalue weighted by Gasteiger charge is -2.26. The minimum atomic E-state index is -0.499. The van der Waals surface area contributed by atoms with E-state index in [4.69, 9.17) is 15.2 Å². The van der Waals surface area contributed by atoms with Crippen LogP contribution in [0.15, 0.2) is 29.3 Å². The number of rotatable bonds is 4. The van der Waals surface area contributed by atoms with Crippen molar-refractivity contribution in [2.75, 3.05) is 13.2 Å². The molecule has 1 aromatic carbocycles. The Labute approximate surface area is 106 Å². The summed E-state index contributed by atoms with van der Waals surface area (Å²) >= 11 is 0. The van der Waals surface area contributed by atoms with Crippen molar-refractivity contribution in [3.8, 4) is 0 Å². The average Bonchev–Trinajstić information content (AvgIpc) is 2.73. The van der Waals surface area contributed by atoms with Crippen molar-refractivity contribution in [1.82, 2.24) is 0 Å². The first-order valence-corrected chi connectivity index (χ1v) is 5.83. The lowest BCUT2D eigenvalue weighted by atomic mass is 9.98. The van der Waals surface area contributed by atoms with E-state index in [1.165, 1.54) is 12.1 Å². The van der Waals surface area contributed by atoms with Crippen molar-refractivity contribution in [3.63, 3.8) is 0 Å². The number of benzene rings is 1. The van der Waals surface area contributed by atoms with Gasteiger partial charge in [-0.15, -0.1) is 0 Å². The molecule has 1 atom stereocenters. The number of amidine groups is 1. The summed E-state index contributed by atoms with van der Waals surface area (Å²) in [6.07, 6.45) is 0. The van der Waals surface area contributed by atoms with Gasteiger partial charge in [0.2, 0.25) is 0 Å². The molecule has 1 heterocycles. The lowest BCUT2D eigenvalue weighted by Crippen LogP contribution is -2.27. The van der Waals surface area contributed by atoms with Crippen LogP contribution in [0.1, 0.15) is 19.4 Å². The molecule has 2 rings (SSSR count). The van der Waals surface area contributed by atoms with Crippen LogP contribution in [-0.4, -0.2) is 25.3 Å². The van der Waals surface area contributed by atoms with Gasteiger partial charge in [-0.1, -0.05) is 12.1 Å². The molecule has 18 heavy (non-hydrogen) atoms. The minimum Gasteiger partial charge on any atom is -0.463 e. The molecule has 5 heteroatoms. The largest absolute Gasteiger partial charge is 0.463 e. The normalized spacial score (nSPS) is 19.5. The molecule has 0 saturated carbocycles. The minimum absolute atomic E-state index is 0.0651. The highest BCUT2D eigenvalue weighted by molar-refractivity contribution is 5.73. The smallest absolute Gasteiger partial charge is 0.282 e. The van der Waals surface area contributed by atoms with Gasteiger partial charge in [-0.2, -0.15) is 0 Å². The third-order valence-electron chi connectivity index (χ3n) is 2.91. The van der Waals surface area contributed by atoms with Crippen molar-refractivity contribution < 1.29 is 13.9 Å². The summed E-state index contributed by atoms with van der Waals surface area (Å²) < 4.78 is 23.7. The molecule has 0 aromatic heterocycles. The Morgan fingerprint density at radius 1 is 1.44 bits per heavy atom. The Morgan fingerprint density at radius 3 is 2.67 bits per heavy atom. The van der Waals surface area contributed by atoms with Crippen LogP contribution in [0.3, 0.4) is 0 Å². The fraction of sp³-hybridized carbons (Fsp3) is 0.462. The third kappa shape index (κ3) is 2.98. The van der Waals surface area contributed by atoms with E-state index in [-0.39, 0.29) is 17.9 Å². The fourth-order valence-electron chi connectivity index (χ4n) is 1.76. The average molecular weight is 252 g/mol. The van der Waals surface area contributed by atoms with Crippen LogP contribution in [0.4, 0.5) is 4.39 Å². The first kappa shape index (κ1) is 12.8. The molecule has 0 aliphatic carbocycles. The van der Waals surface area contributed by atoms with Crippen LogP contribution < -0.4 is 5.73 Å². The lowest BCUT2D eigenvalue weighted by molar-refractivity contribution is -0.0299. The quantitative estimate of drug-likeness (QED) is 0.888. The van der Waals surface area contributed by atoms with Gasteiger partial charge in [0.15, 0.2) is 0 Å². The fourth-order valence-corrected chi connectivity index (χ4v) is 1.76. The zero-order chi connectivity index (χ0) is 13.2. The van der Waals surface area contributed by atoms with E-state index in [9.17, 15) is 4.39 Å². The van der Waals surface area contributed by atoms with Crippen molar-refractivity contribution in [3.05, 3.63) is 35.6 Å². The first-order valence-electron chi connectivity index (χ1n) is 5.83. The molecule has 0 amide bonds. The van der Waals surface area contributed by atoms with Crippen LogP contribution in [0.5, 0.6) is 0 Å².